The molecule has 3 atom stereocenters. The summed E-state index contributed by atoms with van der Waals surface area (Å²) < 4.78 is 0. The molecule has 0 bridgehead atoms. The zero-order chi connectivity index (χ0) is 18.0. The maximum Gasteiger partial charge on any atom is 0.328 e. The molecule has 2 aliphatic carbocycles. The van der Waals surface area contributed by atoms with Crippen molar-refractivity contribution in [2.45, 2.75) is 37.0 Å². The number of rotatable bonds is 4. The number of nitrogens with one attached hydrogen (secondary N) is 1. The van der Waals surface area contributed by atoms with Gasteiger partial charge in [0.15, 0.2) is 0 Å². The van der Waals surface area contributed by atoms with Crippen molar-refractivity contribution in [1.82, 2.24) is 9.97 Å². The van der Waals surface area contributed by atoms with E-state index in [0.717, 1.165) is 5.92 Å². The van der Waals surface area contributed by atoms with Crippen LogP contribution in [-0.2, 0) is 15.0 Å². The molecule has 1 aromatic carbocycles. The van der Waals surface area contributed by atoms with Gasteiger partial charge in [0.25, 0.3) is 0 Å². The third-order valence-electron chi connectivity index (χ3n) is 5.15. The highest BCUT2D eigenvalue weighted by molar-refractivity contribution is 5.89. The lowest BCUT2D eigenvalue weighted by molar-refractivity contribution is -0.134. The van der Waals surface area contributed by atoms with E-state index in [1.54, 1.807) is 11.1 Å². The van der Waals surface area contributed by atoms with Crippen LogP contribution in [0.2, 0.25) is 0 Å². The maximum atomic E-state index is 9.55. The van der Waals surface area contributed by atoms with Crippen LogP contribution in [0.1, 0.15) is 48.4 Å². The summed E-state index contributed by atoms with van der Waals surface area (Å²) in [5.41, 5.74) is 4.83. The number of carbonyl (C=O) groups is 2. The molecule has 3 N–H and O–H groups in total. The van der Waals surface area contributed by atoms with Crippen LogP contribution >= 0.6 is 0 Å². The van der Waals surface area contributed by atoms with Gasteiger partial charge in [0, 0.05) is 29.5 Å². The molecule has 130 valence electrons. The Morgan fingerprint density at radius 2 is 1.88 bits per heavy atom. The van der Waals surface area contributed by atoms with E-state index in [9.17, 15) is 9.59 Å². The number of aromatic amines is 1. The summed E-state index contributed by atoms with van der Waals surface area (Å²) in [7, 11) is 0. The molecule has 6 nitrogen and oxygen atoms in total. The molecule has 0 amide bonds. The minimum absolute atomic E-state index is 0.342. The van der Waals surface area contributed by atoms with Crippen molar-refractivity contribution in [2.24, 2.45) is 0 Å². The van der Waals surface area contributed by atoms with Gasteiger partial charge in [0.2, 0.25) is 0 Å². The first kappa shape index (κ1) is 17.0. The molecule has 6 heteroatoms. The van der Waals surface area contributed by atoms with E-state index in [4.69, 9.17) is 10.2 Å². The van der Waals surface area contributed by atoms with Crippen LogP contribution in [0.5, 0.6) is 0 Å². The number of benzene rings is 1. The van der Waals surface area contributed by atoms with Crippen molar-refractivity contribution in [3.05, 3.63) is 65.8 Å². The van der Waals surface area contributed by atoms with E-state index >= 15 is 0 Å². The Hall–Kier alpha value is -2.89. The Labute approximate surface area is 145 Å². The molecule has 2 aromatic rings. The topological polar surface area (TPSA) is 103 Å². The highest BCUT2D eigenvalue weighted by atomic mass is 16.4. The summed E-state index contributed by atoms with van der Waals surface area (Å²) in [6, 6.07) is 8.97. The maximum absolute atomic E-state index is 9.55. The number of H-pyrrole nitrogens is 1. The molecule has 1 fully saturated rings. The number of aliphatic carboxylic acids is 2. The minimum Gasteiger partial charge on any atom is -0.478 e. The molecule has 1 heterocycles. The summed E-state index contributed by atoms with van der Waals surface area (Å²) in [5, 5.41) is 15.6. The number of carboxylic acid groups (broad SMARTS) is 2. The van der Waals surface area contributed by atoms with Crippen molar-refractivity contribution < 1.29 is 19.8 Å². The highest BCUT2D eigenvalue weighted by Gasteiger charge is 2.66. The standard InChI is InChI=1S/C15H16N2.C4H4O4/c1-2-12-10-5-3-4-6-11(10)13-7-15(12,13)14-8-16-9-17-14;5-3(6)1-2-4(7)8/h3-6,8-9,12-13H,2,7H2,1H3,(H,16,17);1-2H,(H,5,6)(H,7,8)/b;2-1+/t12-,13+,15+;/m0./s1. The number of fused-ring (bicyclic) bond motifs is 3. The van der Waals surface area contributed by atoms with Gasteiger partial charge < -0.3 is 15.2 Å². The first-order chi connectivity index (χ1) is 12.0. The number of aromatic nitrogens is 2. The molecule has 0 aliphatic heterocycles. The molecule has 4 rings (SSSR count). The average Bonchev–Trinajstić information content (AvgIpc) is 2.98. The van der Waals surface area contributed by atoms with E-state index in [-0.39, 0.29) is 0 Å². The van der Waals surface area contributed by atoms with E-state index in [0.29, 0.717) is 23.5 Å². The summed E-state index contributed by atoms with van der Waals surface area (Å²) in [6.45, 7) is 2.31. The van der Waals surface area contributed by atoms with Gasteiger partial charge in [-0.3, -0.25) is 0 Å². The van der Waals surface area contributed by atoms with Gasteiger partial charge in [-0.15, -0.1) is 0 Å². The minimum atomic E-state index is -1.26. The monoisotopic (exact) mass is 340 g/mol. The van der Waals surface area contributed by atoms with Gasteiger partial charge in [-0.1, -0.05) is 31.2 Å². The number of hydrogen-bond donors (Lipinski definition) is 3. The van der Waals surface area contributed by atoms with E-state index < -0.39 is 11.9 Å². The Kier molecular flexibility index (Phi) is 4.44. The van der Waals surface area contributed by atoms with Gasteiger partial charge in [0.05, 0.1) is 6.33 Å². The number of imidazole rings is 1. The molecule has 1 aromatic heterocycles. The number of nitrogens with zero attached hydrogens (tertiary/aromatic N) is 1. The van der Waals surface area contributed by atoms with Crippen LogP contribution in [0.15, 0.2) is 48.9 Å². The van der Waals surface area contributed by atoms with Gasteiger partial charge in [-0.25, -0.2) is 14.6 Å². The molecule has 2 aliphatic rings. The van der Waals surface area contributed by atoms with E-state index in [2.05, 4.69) is 41.2 Å². The Bertz CT molecular complexity index is 797. The quantitative estimate of drug-likeness (QED) is 0.742. The zero-order valence-corrected chi connectivity index (χ0v) is 13.8. The first-order valence-electron chi connectivity index (χ1n) is 8.22. The Morgan fingerprint density at radius 3 is 2.40 bits per heavy atom. The van der Waals surface area contributed by atoms with E-state index in [1.165, 1.54) is 18.5 Å². The van der Waals surface area contributed by atoms with Crippen molar-refractivity contribution in [3.8, 4) is 0 Å². The van der Waals surface area contributed by atoms with Gasteiger partial charge in [-0.2, -0.15) is 0 Å². The van der Waals surface area contributed by atoms with Crippen molar-refractivity contribution in [1.29, 1.82) is 0 Å². The van der Waals surface area contributed by atoms with Crippen molar-refractivity contribution in [2.75, 3.05) is 0 Å². The molecule has 0 radical (unpaired) electrons. The van der Waals surface area contributed by atoms with Crippen LogP contribution in [0.4, 0.5) is 0 Å². The second-order valence-electron chi connectivity index (χ2n) is 6.36. The molecule has 0 saturated heterocycles. The largest absolute Gasteiger partial charge is 0.478 e. The van der Waals surface area contributed by atoms with Crippen LogP contribution in [-0.4, -0.2) is 32.1 Å². The molecular formula is C19H20N2O4. The van der Waals surface area contributed by atoms with Gasteiger partial charge >= 0.3 is 11.9 Å². The fraction of sp³-hybridized carbons (Fsp3) is 0.316. The molecule has 0 unspecified atom stereocenters. The average molecular weight is 340 g/mol. The van der Waals surface area contributed by atoms with E-state index in [1.807, 2.05) is 12.5 Å². The predicted molar refractivity (Wildman–Crippen MR) is 91.5 cm³/mol. The summed E-state index contributed by atoms with van der Waals surface area (Å²) in [6.07, 6.45) is 7.46. The lowest BCUT2D eigenvalue weighted by Crippen LogP contribution is -2.16. The summed E-state index contributed by atoms with van der Waals surface area (Å²) >= 11 is 0. The van der Waals surface area contributed by atoms with Crippen molar-refractivity contribution >= 4 is 11.9 Å². The zero-order valence-electron chi connectivity index (χ0n) is 13.8. The molecular weight excluding hydrogens is 320 g/mol. The number of hydrogen-bond acceptors (Lipinski definition) is 3. The van der Waals surface area contributed by atoms with Crippen molar-refractivity contribution in [3.63, 3.8) is 0 Å². The molecule has 25 heavy (non-hydrogen) atoms. The highest BCUT2D eigenvalue weighted by Crippen LogP contribution is 2.73. The Morgan fingerprint density at radius 1 is 1.24 bits per heavy atom. The second kappa shape index (κ2) is 6.55. The fourth-order valence-electron chi connectivity index (χ4n) is 4.20. The third kappa shape index (κ3) is 2.95. The van der Waals surface area contributed by atoms with Crippen LogP contribution in [0.25, 0.3) is 0 Å². The molecule has 0 spiro atoms. The first-order valence-corrected chi connectivity index (χ1v) is 8.22. The third-order valence-corrected chi connectivity index (χ3v) is 5.15. The normalized spacial score (nSPS) is 25.6. The second-order valence-corrected chi connectivity index (χ2v) is 6.36. The predicted octanol–water partition coefficient (Wildman–Crippen LogP) is 3.05. The fourth-order valence-corrected chi connectivity index (χ4v) is 4.20. The van der Waals surface area contributed by atoms with Crippen LogP contribution in [0, 0.1) is 0 Å². The lowest BCUT2D eigenvalue weighted by Gasteiger charge is -2.21. The number of carboxylic acids is 2. The lowest BCUT2D eigenvalue weighted by atomic mass is 9.83. The smallest absolute Gasteiger partial charge is 0.328 e. The van der Waals surface area contributed by atoms with Gasteiger partial charge in [0.1, 0.15) is 0 Å². The summed E-state index contributed by atoms with van der Waals surface area (Å²) in [5.74, 6) is -1.12. The molecule has 1 saturated carbocycles. The summed E-state index contributed by atoms with van der Waals surface area (Å²) in [4.78, 5) is 26.7. The van der Waals surface area contributed by atoms with Crippen LogP contribution < -0.4 is 0 Å². The Balaban J connectivity index is 0.000000197. The van der Waals surface area contributed by atoms with Gasteiger partial charge in [-0.05, 0) is 35.8 Å². The SMILES string of the molecule is CC[C@H]1c2ccccc2[C@H]2C[C@]21c1cnc[nH]1.O=C(O)/C=C/C(=O)O. The van der Waals surface area contributed by atoms with Crippen LogP contribution in [0.3, 0.4) is 0 Å².